The smallest absolute Gasteiger partial charge is 0.384 e. The third kappa shape index (κ3) is 9.27. The van der Waals surface area contributed by atoms with Gasteiger partial charge in [-0.25, -0.2) is 0 Å². The van der Waals surface area contributed by atoms with Gasteiger partial charge in [0.25, 0.3) is 0 Å². The van der Waals surface area contributed by atoms with Gasteiger partial charge in [-0.05, 0) is 13.8 Å². The Labute approximate surface area is 431 Å². The van der Waals surface area contributed by atoms with E-state index in [2.05, 4.69) is 9.47 Å². The Morgan fingerprint density at radius 3 is 0.570 bits per heavy atom. The second-order valence-electron chi connectivity index (χ2n) is 17.3. The lowest BCUT2D eigenvalue weighted by atomic mass is 9.70. The number of aliphatic hydroxyl groups excluding tert-OH is 1. The maximum Gasteiger partial charge on any atom is 0.460 e. The molecule has 1 aliphatic rings. The topological polar surface area (TPSA) is 58.9 Å². The normalized spacial score (nSPS) is 20.7. The minimum atomic E-state index is -11.0. The number of aliphatic hydroxyl groups is 2. The summed E-state index contributed by atoms with van der Waals surface area (Å²) in [6.45, 7) is -2.25. The molecule has 0 radical (unpaired) electrons. The molecule has 1 heterocycles. The number of ether oxygens (including phenoxy) is 2. The first-order valence-electron chi connectivity index (χ1n) is 19.0. The Morgan fingerprint density at radius 1 is 0.244 bits per heavy atom. The van der Waals surface area contributed by atoms with E-state index < -0.39 is 186 Å². The Balaban J connectivity index is 5.11. The number of rotatable bonds is 23. The first-order chi connectivity index (χ1) is 36.1. The van der Waals surface area contributed by atoms with Crippen molar-refractivity contribution >= 4 is 0 Å². The van der Waals surface area contributed by atoms with Crippen LogP contribution < -0.4 is 0 Å². The first-order valence-corrected chi connectivity index (χ1v) is 19.0. The van der Waals surface area contributed by atoms with Crippen LogP contribution in [-0.4, -0.2) is 183 Å². The van der Waals surface area contributed by atoms with Crippen LogP contribution >= 0.6 is 0 Å². The van der Waals surface area contributed by atoms with Crippen molar-refractivity contribution in [2.24, 2.45) is 0 Å². The van der Waals surface area contributed by atoms with Gasteiger partial charge in [-0.2, -0.15) is 224 Å². The second-order valence-corrected chi connectivity index (χ2v) is 17.3. The van der Waals surface area contributed by atoms with E-state index in [9.17, 15) is 190 Å². The summed E-state index contributed by atoms with van der Waals surface area (Å²) in [4.78, 5) is 0. The molecule has 0 saturated carbocycles. The van der Waals surface area contributed by atoms with Crippen LogP contribution in [0.1, 0.15) is 13.8 Å². The molecule has 1 rings (SSSR count). The van der Waals surface area contributed by atoms with E-state index in [0.29, 0.717) is 0 Å². The molecule has 2 N–H and O–H groups in total. The standard InChI is InChI=1S/C31H11F51O4/c1-6(2)85-3(4(83)8(32,33)11(38,39)14(44,45)17(50,51)20(56,57)23(62,63)26(68,69)29(74,75)76)5(86-6)7(84,9(34,35)12(40,41)15(46,47)18(52,53)21(58,59)24(64,65)27(70,71)30(77,78)79)10(36,37)13(42,43)16(48,49)19(54,55)22(60,61)25(66,67)28(72,73)31(80,81)82/h3-5,83-84H,1-2H3/t3-,4-,5-/m1/s1. The van der Waals surface area contributed by atoms with Gasteiger partial charge in [0.1, 0.15) is 12.2 Å². The summed E-state index contributed by atoms with van der Waals surface area (Å²) in [5.41, 5.74) is -10.3. The maximum absolute atomic E-state index is 16.1. The van der Waals surface area contributed by atoms with Crippen LogP contribution in [0.3, 0.4) is 0 Å². The van der Waals surface area contributed by atoms with E-state index >= 15 is 43.9 Å². The Bertz CT molecular complexity index is 2350. The molecule has 1 fully saturated rings. The van der Waals surface area contributed by atoms with Crippen molar-refractivity contribution in [1.29, 1.82) is 0 Å². The van der Waals surface area contributed by atoms with Crippen molar-refractivity contribution in [3.8, 4) is 0 Å². The van der Waals surface area contributed by atoms with Gasteiger partial charge >= 0.3 is 143 Å². The van der Waals surface area contributed by atoms with Crippen molar-refractivity contribution < 1.29 is 244 Å². The van der Waals surface area contributed by atoms with E-state index in [1.807, 2.05) is 0 Å². The van der Waals surface area contributed by atoms with Gasteiger partial charge in [-0.3, -0.25) is 0 Å². The lowest BCUT2D eigenvalue weighted by molar-refractivity contribution is -0.494. The van der Waals surface area contributed by atoms with Crippen molar-refractivity contribution in [3.05, 3.63) is 0 Å². The highest BCUT2D eigenvalue weighted by molar-refractivity contribution is 5.28. The molecule has 0 spiro atoms. The zero-order valence-corrected chi connectivity index (χ0v) is 37.7. The maximum atomic E-state index is 16.1. The zero-order chi connectivity index (χ0) is 71.1. The summed E-state index contributed by atoms with van der Waals surface area (Å²) >= 11 is 0. The third-order valence-corrected chi connectivity index (χ3v) is 11.4. The molecule has 3 atom stereocenters. The highest BCUT2D eigenvalue weighted by atomic mass is 19.5. The molecular weight excluding hydrogens is 1410 g/mol. The second kappa shape index (κ2) is 19.6. The summed E-state index contributed by atoms with van der Waals surface area (Å²) in [7, 11) is 0. The molecule has 55 heteroatoms. The summed E-state index contributed by atoms with van der Waals surface area (Å²) in [6, 6.07) is 0. The number of halogens is 51. The van der Waals surface area contributed by atoms with Gasteiger partial charge in [0.05, 0.1) is 0 Å². The van der Waals surface area contributed by atoms with Crippen LogP contribution in [0.4, 0.5) is 224 Å². The SMILES string of the molecule is CC1(C)O[C@H]([C@@H](O)C(F)(F)C(F)(F)C(F)(F)C(F)(F)C(F)(F)C(F)(F)C(F)(F)C(F)(F)F)[C@H](C(O)(C(F)(F)C(F)(F)C(F)(F)C(F)(F)C(F)(F)C(F)(F)C(F)(F)C(F)(F)F)C(F)(F)C(F)(F)C(F)(F)C(F)(F)C(F)(F)C(F)(F)C(F)(F)C(F)(F)F)O1. The number of alkyl halides is 51. The van der Waals surface area contributed by atoms with Crippen molar-refractivity contribution in [2.45, 2.75) is 186 Å². The van der Waals surface area contributed by atoms with E-state index in [1.54, 1.807) is 0 Å². The predicted octanol–water partition coefficient (Wildman–Crippen LogP) is 15.6. The van der Waals surface area contributed by atoms with Crippen LogP contribution in [0.15, 0.2) is 0 Å². The molecule has 1 saturated heterocycles. The molecule has 4 nitrogen and oxygen atoms in total. The van der Waals surface area contributed by atoms with Crippen molar-refractivity contribution in [1.82, 2.24) is 0 Å². The van der Waals surface area contributed by atoms with Gasteiger partial charge in [-0.1, -0.05) is 0 Å². The average Bonchev–Trinajstić information content (AvgIpc) is 3.60. The van der Waals surface area contributed by atoms with Gasteiger partial charge in [0.2, 0.25) is 5.60 Å². The largest absolute Gasteiger partial charge is 0.460 e. The zero-order valence-electron chi connectivity index (χ0n) is 37.7. The molecular formula is C31H11F51O4. The van der Waals surface area contributed by atoms with Gasteiger partial charge < -0.3 is 19.7 Å². The molecule has 86 heavy (non-hydrogen) atoms. The molecule has 516 valence electrons. The summed E-state index contributed by atoms with van der Waals surface area (Å²) in [6.07, 6.45) is -48.0. The summed E-state index contributed by atoms with van der Waals surface area (Å²) in [5, 5.41) is 20.0. The fourth-order valence-corrected chi connectivity index (χ4v) is 6.27. The van der Waals surface area contributed by atoms with E-state index in [1.165, 1.54) is 0 Å². The van der Waals surface area contributed by atoms with Crippen molar-refractivity contribution in [3.63, 3.8) is 0 Å². The van der Waals surface area contributed by atoms with E-state index in [4.69, 9.17) is 0 Å². The third-order valence-electron chi connectivity index (χ3n) is 11.4. The predicted molar refractivity (Wildman–Crippen MR) is 157 cm³/mol. The minimum absolute atomic E-state index is 1.12. The monoisotopic (exact) mass is 1420 g/mol. The van der Waals surface area contributed by atoms with Crippen LogP contribution in [0.5, 0.6) is 0 Å². The van der Waals surface area contributed by atoms with Gasteiger partial charge in [-0.15, -0.1) is 0 Å². The quantitative estimate of drug-likeness (QED) is 0.100. The van der Waals surface area contributed by atoms with Crippen LogP contribution in [0.25, 0.3) is 0 Å². The van der Waals surface area contributed by atoms with Crippen LogP contribution in [-0.2, 0) is 9.47 Å². The molecule has 0 aromatic carbocycles. The highest BCUT2D eigenvalue weighted by Gasteiger charge is 3.03. The number of hydrogen-bond donors (Lipinski definition) is 2. The molecule has 0 unspecified atom stereocenters. The van der Waals surface area contributed by atoms with Crippen molar-refractivity contribution in [2.75, 3.05) is 0 Å². The summed E-state index contributed by atoms with van der Waals surface area (Å²) in [5.74, 6) is -219. The number of hydrogen-bond acceptors (Lipinski definition) is 4. The Morgan fingerprint density at radius 2 is 0.395 bits per heavy atom. The highest BCUT2D eigenvalue weighted by Crippen LogP contribution is 2.72. The first kappa shape index (κ1) is 80.3. The van der Waals surface area contributed by atoms with Gasteiger partial charge in [0.15, 0.2) is 11.9 Å². The average molecular weight is 1420 g/mol. The molecule has 0 aromatic rings. The molecule has 1 aliphatic heterocycles. The van der Waals surface area contributed by atoms with Crippen LogP contribution in [0, 0.1) is 0 Å². The molecule has 0 bridgehead atoms. The Hall–Kier alpha value is -3.73. The molecule has 0 aliphatic carbocycles. The van der Waals surface area contributed by atoms with Gasteiger partial charge in [0, 0.05) is 0 Å². The fraction of sp³-hybridized carbons (Fsp3) is 1.00. The lowest BCUT2D eigenvalue weighted by Crippen LogP contribution is -2.85. The Kier molecular flexibility index (Phi) is 18.3. The van der Waals surface area contributed by atoms with Crippen LogP contribution in [0.2, 0.25) is 0 Å². The fourth-order valence-electron chi connectivity index (χ4n) is 6.27. The molecule has 0 amide bonds. The van der Waals surface area contributed by atoms with E-state index in [0.717, 1.165) is 0 Å². The minimum Gasteiger partial charge on any atom is -0.384 e. The molecule has 0 aromatic heterocycles. The lowest BCUT2D eigenvalue weighted by Gasteiger charge is -2.52. The van der Waals surface area contributed by atoms with E-state index in [-0.39, 0.29) is 0 Å². The summed E-state index contributed by atoms with van der Waals surface area (Å²) < 4.78 is 727.